The molecule has 2 fully saturated rings. The van der Waals surface area contributed by atoms with E-state index in [0.717, 1.165) is 55.4 Å². The van der Waals surface area contributed by atoms with E-state index in [1.165, 1.54) is 0 Å². The molecular weight excluding hydrogens is 312 g/mol. The molecule has 2 aliphatic rings. The molecule has 5 heteroatoms. The maximum absolute atomic E-state index is 11.5. The summed E-state index contributed by atoms with van der Waals surface area (Å²) in [4.78, 5) is 13.9. The van der Waals surface area contributed by atoms with Crippen LogP contribution in [0.15, 0.2) is 30.9 Å². The second-order valence-electron chi connectivity index (χ2n) is 6.58. The zero-order chi connectivity index (χ0) is 16.3. The number of piperidine rings is 1. The summed E-state index contributed by atoms with van der Waals surface area (Å²) >= 11 is 6.14. The van der Waals surface area contributed by atoms with Crippen molar-refractivity contribution in [3.63, 3.8) is 0 Å². The summed E-state index contributed by atoms with van der Waals surface area (Å²) in [6, 6.07) is 5.75. The summed E-state index contributed by atoms with van der Waals surface area (Å²) in [6.45, 7) is 7.85. The predicted molar refractivity (Wildman–Crippen MR) is 91.7 cm³/mol. The number of nitrogens with one attached hydrogen (secondary N) is 1. The van der Waals surface area contributed by atoms with Gasteiger partial charge >= 0.3 is 0 Å². The monoisotopic (exact) mass is 334 g/mol. The van der Waals surface area contributed by atoms with Gasteiger partial charge in [0.25, 0.3) is 0 Å². The lowest BCUT2D eigenvalue weighted by Gasteiger charge is -2.38. The van der Waals surface area contributed by atoms with Gasteiger partial charge < -0.3 is 10.1 Å². The number of halogens is 1. The van der Waals surface area contributed by atoms with Crippen molar-refractivity contribution in [2.45, 2.75) is 25.8 Å². The standard InChI is InChI=1S/C18H23ClN2O2/c1-2-9-23-16-4-3-15(19)10-14(16)12-21-7-5-18(6-8-21)11-17(22)20-13-18/h2-4,10H,1,5-9,11-13H2,(H,20,22). The van der Waals surface area contributed by atoms with Crippen LogP contribution in [-0.2, 0) is 11.3 Å². The highest BCUT2D eigenvalue weighted by Crippen LogP contribution is 2.38. The van der Waals surface area contributed by atoms with Gasteiger partial charge in [-0.15, -0.1) is 0 Å². The summed E-state index contributed by atoms with van der Waals surface area (Å²) in [6.07, 6.45) is 4.56. The van der Waals surface area contributed by atoms with Crippen LogP contribution in [0.2, 0.25) is 5.02 Å². The maximum atomic E-state index is 11.5. The normalized spacial score (nSPS) is 20.5. The molecular formula is C18H23ClN2O2. The van der Waals surface area contributed by atoms with Crippen molar-refractivity contribution in [1.29, 1.82) is 0 Å². The third-order valence-corrected chi connectivity index (χ3v) is 5.12. The van der Waals surface area contributed by atoms with Crippen LogP contribution in [0.25, 0.3) is 0 Å². The van der Waals surface area contributed by atoms with Crippen molar-refractivity contribution in [2.24, 2.45) is 5.41 Å². The van der Waals surface area contributed by atoms with Gasteiger partial charge in [0.2, 0.25) is 5.91 Å². The van der Waals surface area contributed by atoms with Gasteiger partial charge in [0.1, 0.15) is 12.4 Å². The molecule has 1 spiro atoms. The zero-order valence-electron chi connectivity index (χ0n) is 13.3. The predicted octanol–water partition coefficient (Wildman–Crippen LogP) is 3.01. The number of benzene rings is 1. The van der Waals surface area contributed by atoms with Crippen LogP contribution in [0, 0.1) is 5.41 Å². The van der Waals surface area contributed by atoms with Gasteiger partial charge in [-0.25, -0.2) is 0 Å². The van der Waals surface area contributed by atoms with E-state index >= 15 is 0 Å². The lowest BCUT2D eigenvalue weighted by Crippen LogP contribution is -2.40. The highest BCUT2D eigenvalue weighted by molar-refractivity contribution is 6.30. The first-order valence-electron chi connectivity index (χ1n) is 8.11. The molecule has 2 saturated heterocycles. The van der Waals surface area contributed by atoms with E-state index in [9.17, 15) is 4.79 Å². The fourth-order valence-electron chi connectivity index (χ4n) is 3.49. The second kappa shape index (κ2) is 6.93. The minimum atomic E-state index is 0.185. The molecule has 124 valence electrons. The number of ether oxygens (including phenoxy) is 1. The van der Waals surface area contributed by atoms with Crippen LogP contribution < -0.4 is 10.1 Å². The Morgan fingerprint density at radius 1 is 1.39 bits per heavy atom. The van der Waals surface area contributed by atoms with E-state index in [4.69, 9.17) is 16.3 Å². The molecule has 1 aromatic rings. The van der Waals surface area contributed by atoms with Gasteiger partial charge in [-0.05, 0) is 49.5 Å². The molecule has 0 radical (unpaired) electrons. The average Bonchev–Trinajstić information content (AvgIpc) is 2.90. The molecule has 2 aliphatic heterocycles. The van der Waals surface area contributed by atoms with E-state index in [1.807, 2.05) is 18.2 Å². The van der Waals surface area contributed by atoms with Gasteiger partial charge in [-0.1, -0.05) is 24.3 Å². The van der Waals surface area contributed by atoms with E-state index in [0.29, 0.717) is 13.0 Å². The van der Waals surface area contributed by atoms with Crippen molar-refractivity contribution in [3.05, 3.63) is 41.4 Å². The fourth-order valence-corrected chi connectivity index (χ4v) is 3.69. The van der Waals surface area contributed by atoms with Gasteiger partial charge in [0, 0.05) is 30.1 Å². The minimum Gasteiger partial charge on any atom is -0.489 e. The third-order valence-electron chi connectivity index (χ3n) is 4.89. The number of hydrogen-bond donors (Lipinski definition) is 1. The van der Waals surface area contributed by atoms with Crippen molar-refractivity contribution >= 4 is 17.5 Å². The van der Waals surface area contributed by atoms with E-state index < -0.39 is 0 Å². The van der Waals surface area contributed by atoms with Crippen LogP contribution in [0.4, 0.5) is 0 Å². The molecule has 2 heterocycles. The number of amides is 1. The average molecular weight is 335 g/mol. The molecule has 23 heavy (non-hydrogen) atoms. The van der Waals surface area contributed by atoms with E-state index in [1.54, 1.807) is 6.08 Å². The Hall–Kier alpha value is -1.52. The smallest absolute Gasteiger partial charge is 0.220 e. The highest BCUT2D eigenvalue weighted by Gasteiger charge is 2.40. The first kappa shape index (κ1) is 16.3. The lowest BCUT2D eigenvalue weighted by molar-refractivity contribution is -0.119. The number of carbonyl (C=O) groups excluding carboxylic acids is 1. The Balaban J connectivity index is 1.63. The van der Waals surface area contributed by atoms with Gasteiger partial charge in [-0.3, -0.25) is 9.69 Å². The second-order valence-corrected chi connectivity index (χ2v) is 7.02. The molecule has 0 unspecified atom stereocenters. The SMILES string of the molecule is C=CCOc1ccc(Cl)cc1CN1CCC2(CC1)CNC(=O)C2. The summed E-state index contributed by atoms with van der Waals surface area (Å²) in [5.41, 5.74) is 1.29. The van der Waals surface area contributed by atoms with Crippen molar-refractivity contribution < 1.29 is 9.53 Å². The molecule has 3 rings (SSSR count). The number of likely N-dealkylation sites (tertiary alicyclic amines) is 1. The highest BCUT2D eigenvalue weighted by atomic mass is 35.5. The molecule has 1 aromatic carbocycles. The summed E-state index contributed by atoms with van der Waals surface area (Å²) in [5, 5.41) is 3.71. The molecule has 4 nitrogen and oxygen atoms in total. The van der Waals surface area contributed by atoms with Crippen LogP contribution in [0.1, 0.15) is 24.8 Å². The molecule has 0 bridgehead atoms. The van der Waals surface area contributed by atoms with Crippen LogP contribution in [0.5, 0.6) is 5.75 Å². The quantitative estimate of drug-likeness (QED) is 0.842. The first-order valence-corrected chi connectivity index (χ1v) is 8.49. The van der Waals surface area contributed by atoms with Gasteiger partial charge in [-0.2, -0.15) is 0 Å². The van der Waals surface area contributed by atoms with Crippen molar-refractivity contribution in [1.82, 2.24) is 10.2 Å². The van der Waals surface area contributed by atoms with Gasteiger partial charge in [0.15, 0.2) is 0 Å². The Morgan fingerprint density at radius 3 is 2.83 bits per heavy atom. The van der Waals surface area contributed by atoms with Gasteiger partial charge in [0.05, 0.1) is 0 Å². The van der Waals surface area contributed by atoms with E-state index in [2.05, 4.69) is 16.8 Å². The fraction of sp³-hybridized carbons (Fsp3) is 0.500. The Morgan fingerprint density at radius 2 is 2.17 bits per heavy atom. The summed E-state index contributed by atoms with van der Waals surface area (Å²) < 4.78 is 5.73. The zero-order valence-corrected chi connectivity index (χ0v) is 14.1. The summed E-state index contributed by atoms with van der Waals surface area (Å²) in [7, 11) is 0. The largest absolute Gasteiger partial charge is 0.489 e. The lowest BCUT2D eigenvalue weighted by atomic mass is 9.77. The first-order chi connectivity index (χ1) is 11.1. The molecule has 1 N–H and O–H groups in total. The Kier molecular flexibility index (Phi) is 4.93. The molecule has 1 amide bonds. The van der Waals surface area contributed by atoms with Crippen LogP contribution in [0.3, 0.4) is 0 Å². The van der Waals surface area contributed by atoms with Crippen molar-refractivity contribution in [3.8, 4) is 5.75 Å². The molecule has 0 aliphatic carbocycles. The Bertz CT molecular complexity index is 595. The number of hydrogen-bond acceptors (Lipinski definition) is 3. The summed E-state index contributed by atoms with van der Waals surface area (Å²) in [5.74, 6) is 1.07. The molecule has 0 saturated carbocycles. The van der Waals surface area contributed by atoms with E-state index in [-0.39, 0.29) is 11.3 Å². The number of nitrogens with zero attached hydrogens (tertiary/aromatic N) is 1. The maximum Gasteiger partial charge on any atom is 0.220 e. The topological polar surface area (TPSA) is 41.6 Å². The number of carbonyl (C=O) groups is 1. The van der Waals surface area contributed by atoms with Crippen LogP contribution >= 0.6 is 11.6 Å². The van der Waals surface area contributed by atoms with Crippen LogP contribution in [-0.4, -0.2) is 37.0 Å². The Labute approximate surface area is 142 Å². The number of rotatable bonds is 5. The molecule has 0 aromatic heterocycles. The molecule has 0 atom stereocenters. The minimum absolute atomic E-state index is 0.185. The van der Waals surface area contributed by atoms with Crippen molar-refractivity contribution in [2.75, 3.05) is 26.2 Å². The third kappa shape index (κ3) is 3.88.